The third kappa shape index (κ3) is 5.14. The standard InChI is InChI=1S/C25H26ClN5O2/c1-25(2,3)19-8-6-18(7-9-19)23(32)27-12-13-31-22-21(14-29-31)24(33)30(16-28-22)15-17-4-10-20(26)11-5-17/h4-11,14,16H,12-13,15H2,1-3H3,(H,27,32). The maximum Gasteiger partial charge on any atom is 0.264 e. The molecular weight excluding hydrogens is 438 g/mol. The zero-order valence-corrected chi connectivity index (χ0v) is 19.6. The molecule has 0 fully saturated rings. The highest BCUT2D eigenvalue weighted by Crippen LogP contribution is 2.22. The molecule has 7 nitrogen and oxygen atoms in total. The van der Waals surface area contributed by atoms with Gasteiger partial charge < -0.3 is 5.32 Å². The molecule has 2 aromatic carbocycles. The number of benzene rings is 2. The first-order chi connectivity index (χ1) is 15.7. The highest BCUT2D eigenvalue weighted by atomic mass is 35.5. The average molecular weight is 464 g/mol. The van der Waals surface area contributed by atoms with E-state index < -0.39 is 0 Å². The van der Waals surface area contributed by atoms with Gasteiger partial charge in [-0.25, -0.2) is 9.67 Å². The van der Waals surface area contributed by atoms with Crippen molar-refractivity contribution in [3.63, 3.8) is 0 Å². The molecule has 4 rings (SSSR count). The molecule has 0 unspecified atom stereocenters. The third-order valence-electron chi connectivity index (χ3n) is 5.51. The van der Waals surface area contributed by atoms with Gasteiger partial charge in [0.15, 0.2) is 5.65 Å². The lowest BCUT2D eigenvalue weighted by atomic mass is 9.87. The van der Waals surface area contributed by atoms with Gasteiger partial charge in [0.1, 0.15) is 11.7 Å². The molecule has 0 spiro atoms. The summed E-state index contributed by atoms with van der Waals surface area (Å²) in [5.41, 5.74) is 3.11. The number of fused-ring (bicyclic) bond motifs is 1. The molecule has 0 saturated carbocycles. The second kappa shape index (κ2) is 9.19. The van der Waals surface area contributed by atoms with E-state index >= 15 is 0 Å². The van der Waals surface area contributed by atoms with Gasteiger partial charge in [-0.1, -0.05) is 56.6 Å². The summed E-state index contributed by atoms with van der Waals surface area (Å²) in [6.45, 7) is 7.58. The second-order valence-electron chi connectivity index (χ2n) is 8.99. The number of nitrogens with one attached hydrogen (secondary N) is 1. The van der Waals surface area contributed by atoms with Gasteiger partial charge in [0.2, 0.25) is 0 Å². The van der Waals surface area contributed by atoms with E-state index in [9.17, 15) is 9.59 Å². The van der Waals surface area contributed by atoms with E-state index in [-0.39, 0.29) is 16.9 Å². The molecule has 0 atom stereocenters. The van der Waals surface area contributed by atoms with E-state index in [1.54, 1.807) is 21.4 Å². The molecule has 33 heavy (non-hydrogen) atoms. The third-order valence-corrected chi connectivity index (χ3v) is 5.76. The number of amides is 1. The smallest absolute Gasteiger partial charge is 0.264 e. The number of nitrogens with zero attached hydrogens (tertiary/aromatic N) is 4. The number of hydrogen-bond donors (Lipinski definition) is 1. The fraction of sp³-hybridized carbons (Fsp3) is 0.280. The van der Waals surface area contributed by atoms with Gasteiger partial charge in [0.05, 0.1) is 19.3 Å². The minimum Gasteiger partial charge on any atom is -0.350 e. The molecule has 0 aliphatic heterocycles. The van der Waals surface area contributed by atoms with Crippen molar-refractivity contribution < 1.29 is 4.79 Å². The maximum absolute atomic E-state index is 12.9. The highest BCUT2D eigenvalue weighted by molar-refractivity contribution is 6.30. The Morgan fingerprint density at radius 3 is 2.42 bits per heavy atom. The van der Waals surface area contributed by atoms with Crippen LogP contribution >= 0.6 is 11.6 Å². The average Bonchev–Trinajstić information content (AvgIpc) is 3.20. The second-order valence-corrected chi connectivity index (χ2v) is 9.43. The summed E-state index contributed by atoms with van der Waals surface area (Å²) < 4.78 is 3.17. The van der Waals surface area contributed by atoms with Gasteiger partial charge in [0, 0.05) is 17.1 Å². The Hall–Kier alpha value is -3.45. The lowest BCUT2D eigenvalue weighted by Gasteiger charge is -2.19. The molecule has 0 aliphatic rings. The van der Waals surface area contributed by atoms with Crippen molar-refractivity contribution >= 4 is 28.5 Å². The zero-order valence-electron chi connectivity index (χ0n) is 18.9. The lowest BCUT2D eigenvalue weighted by Crippen LogP contribution is -2.28. The van der Waals surface area contributed by atoms with Gasteiger partial charge >= 0.3 is 0 Å². The van der Waals surface area contributed by atoms with Crippen LogP contribution in [-0.2, 0) is 18.5 Å². The monoisotopic (exact) mass is 463 g/mol. The highest BCUT2D eigenvalue weighted by Gasteiger charge is 2.15. The Kier molecular flexibility index (Phi) is 6.33. The Labute approximate surface area is 197 Å². The van der Waals surface area contributed by atoms with Gasteiger partial charge in [-0.3, -0.25) is 14.2 Å². The van der Waals surface area contributed by atoms with Gasteiger partial charge in [-0.15, -0.1) is 0 Å². The molecule has 1 N–H and O–H groups in total. The zero-order chi connectivity index (χ0) is 23.6. The molecule has 8 heteroatoms. The van der Waals surface area contributed by atoms with E-state index in [0.717, 1.165) is 5.56 Å². The van der Waals surface area contributed by atoms with E-state index in [1.165, 1.54) is 18.1 Å². The van der Waals surface area contributed by atoms with Crippen LogP contribution in [-0.4, -0.2) is 31.8 Å². The van der Waals surface area contributed by atoms with Crippen LogP contribution in [0.3, 0.4) is 0 Å². The number of hydrogen-bond acceptors (Lipinski definition) is 4. The molecule has 170 valence electrons. The Morgan fingerprint density at radius 1 is 1.06 bits per heavy atom. The van der Waals surface area contributed by atoms with Gasteiger partial charge in [-0.05, 0) is 40.8 Å². The van der Waals surface area contributed by atoms with Crippen LogP contribution < -0.4 is 10.9 Å². The predicted octanol–water partition coefficient (Wildman–Crippen LogP) is 4.02. The summed E-state index contributed by atoms with van der Waals surface area (Å²) in [5.74, 6) is -0.148. The predicted molar refractivity (Wildman–Crippen MR) is 130 cm³/mol. The first kappa shape index (κ1) is 22.7. The normalized spacial score (nSPS) is 11.6. The first-order valence-corrected chi connectivity index (χ1v) is 11.1. The Balaban J connectivity index is 1.41. The number of carbonyl (C=O) groups excluding carboxylic acids is 1. The molecule has 0 bridgehead atoms. The fourth-order valence-corrected chi connectivity index (χ4v) is 3.69. The molecular formula is C25H26ClN5O2. The van der Waals surface area contributed by atoms with Crippen LogP contribution in [0.1, 0.15) is 42.3 Å². The lowest BCUT2D eigenvalue weighted by molar-refractivity contribution is 0.0952. The van der Waals surface area contributed by atoms with Crippen LogP contribution in [0.5, 0.6) is 0 Å². The molecule has 0 saturated heterocycles. The summed E-state index contributed by atoms with van der Waals surface area (Å²) in [5, 5.41) is 8.29. The van der Waals surface area contributed by atoms with E-state index in [0.29, 0.717) is 41.3 Å². The van der Waals surface area contributed by atoms with Gasteiger partial charge in [-0.2, -0.15) is 5.10 Å². The van der Waals surface area contributed by atoms with E-state index in [4.69, 9.17) is 11.6 Å². The van der Waals surface area contributed by atoms with E-state index in [2.05, 4.69) is 36.2 Å². The minimum atomic E-state index is -0.163. The Morgan fingerprint density at radius 2 is 1.76 bits per heavy atom. The molecule has 0 radical (unpaired) electrons. The van der Waals surface area contributed by atoms with Crippen molar-refractivity contribution in [3.05, 3.63) is 93.1 Å². The summed E-state index contributed by atoms with van der Waals surface area (Å²) in [6.07, 6.45) is 3.04. The topological polar surface area (TPSA) is 81.8 Å². The van der Waals surface area contributed by atoms with Crippen molar-refractivity contribution in [3.8, 4) is 0 Å². The minimum absolute atomic E-state index is 0.0382. The summed E-state index contributed by atoms with van der Waals surface area (Å²) >= 11 is 5.93. The molecule has 1 amide bonds. The Bertz CT molecular complexity index is 1330. The van der Waals surface area contributed by atoms with Crippen molar-refractivity contribution in [2.45, 2.75) is 39.3 Å². The quantitative estimate of drug-likeness (QED) is 0.468. The fourth-order valence-electron chi connectivity index (χ4n) is 3.56. The van der Waals surface area contributed by atoms with Crippen LogP contribution in [0.15, 0.2) is 65.8 Å². The number of halogens is 1. The van der Waals surface area contributed by atoms with Crippen molar-refractivity contribution in [2.75, 3.05) is 6.54 Å². The van der Waals surface area contributed by atoms with Crippen LogP contribution in [0.4, 0.5) is 0 Å². The SMILES string of the molecule is CC(C)(C)c1ccc(C(=O)NCCn2ncc3c(=O)n(Cc4ccc(Cl)cc4)cnc32)cc1. The summed E-state index contributed by atoms with van der Waals surface area (Å²) in [4.78, 5) is 29.8. The number of rotatable bonds is 6. The number of carbonyl (C=O) groups is 1. The van der Waals surface area contributed by atoms with E-state index in [1.807, 2.05) is 36.4 Å². The van der Waals surface area contributed by atoms with Crippen LogP contribution in [0, 0.1) is 0 Å². The molecule has 4 aromatic rings. The summed E-state index contributed by atoms with van der Waals surface area (Å²) in [6, 6.07) is 15.0. The maximum atomic E-state index is 12.9. The van der Waals surface area contributed by atoms with Crippen LogP contribution in [0.25, 0.3) is 11.0 Å². The largest absolute Gasteiger partial charge is 0.350 e. The van der Waals surface area contributed by atoms with Crippen molar-refractivity contribution in [1.29, 1.82) is 0 Å². The number of aromatic nitrogens is 4. The van der Waals surface area contributed by atoms with Crippen molar-refractivity contribution in [2.24, 2.45) is 0 Å². The van der Waals surface area contributed by atoms with Crippen LogP contribution in [0.2, 0.25) is 5.02 Å². The molecule has 2 aromatic heterocycles. The summed E-state index contributed by atoms with van der Waals surface area (Å²) in [7, 11) is 0. The first-order valence-electron chi connectivity index (χ1n) is 10.8. The molecule has 2 heterocycles. The molecule has 0 aliphatic carbocycles. The van der Waals surface area contributed by atoms with Crippen molar-refractivity contribution in [1.82, 2.24) is 24.6 Å². The van der Waals surface area contributed by atoms with Gasteiger partial charge in [0.25, 0.3) is 11.5 Å².